The number of carbonyl (C=O) groups is 1. The zero-order chi connectivity index (χ0) is 9.56. The molecule has 0 radical (unpaired) electrons. The molecule has 0 fully saturated rings. The van der Waals surface area contributed by atoms with Crippen LogP contribution in [-0.2, 0) is 4.79 Å². The van der Waals surface area contributed by atoms with Gasteiger partial charge in [0, 0.05) is 26.7 Å². The van der Waals surface area contributed by atoms with E-state index in [4.69, 9.17) is 5.73 Å². The SMILES string of the molecule is CCN(C)C(=O)CN(C)CCN. The monoisotopic (exact) mass is 173 g/mol. The predicted molar refractivity (Wildman–Crippen MR) is 49.9 cm³/mol. The Bertz CT molecular complexity index is 138. The summed E-state index contributed by atoms with van der Waals surface area (Å²) in [6.07, 6.45) is 0. The Hall–Kier alpha value is -0.610. The Morgan fingerprint density at radius 2 is 2.00 bits per heavy atom. The number of amides is 1. The standard InChI is InChI=1S/C8H19N3O/c1-4-11(3)8(12)7-10(2)6-5-9/h4-7,9H2,1-3H3. The normalized spacial score (nSPS) is 10.4. The molecule has 0 aromatic rings. The first-order chi connectivity index (χ1) is 5.61. The van der Waals surface area contributed by atoms with Gasteiger partial charge in [0.2, 0.25) is 5.91 Å². The topological polar surface area (TPSA) is 49.6 Å². The van der Waals surface area contributed by atoms with Gasteiger partial charge in [-0.2, -0.15) is 0 Å². The van der Waals surface area contributed by atoms with E-state index < -0.39 is 0 Å². The molecule has 0 saturated heterocycles. The number of nitrogens with zero attached hydrogens (tertiary/aromatic N) is 2. The van der Waals surface area contributed by atoms with Gasteiger partial charge in [-0.3, -0.25) is 9.69 Å². The Labute approximate surface area is 74.3 Å². The highest BCUT2D eigenvalue weighted by molar-refractivity contribution is 5.77. The first-order valence-corrected chi connectivity index (χ1v) is 4.24. The molecule has 0 aromatic carbocycles. The molecular formula is C8H19N3O. The molecule has 0 aliphatic carbocycles. The highest BCUT2D eigenvalue weighted by Crippen LogP contribution is 1.87. The van der Waals surface area contributed by atoms with Gasteiger partial charge < -0.3 is 10.6 Å². The molecular weight excluding hydrogens is 154 g/mol. The summed E-state index contributed by atoms with van der Waals surface area (Å²) in [5.41, 5.74) is 5.35. The number of likely N-dealkylation sites (N-methyl/N-ethyl adjacent to an activating group) is 2. The number of carbonyl (C=O) groups excluding carboxylic acids is 1. The van der Waals surface area contributed by atoms with Gasteiger partial charge >= 0.3 is 0 Å². The molecule has 4 heteroatoms. The molecule has 1 amide bonds. The molecule has 0 unspecified atom stereocenters. The van der Waals surface area contributed by atoms with Gasteiger partial charge in [0.1, 0.15) is 0 Å². The zero-order valence-corrected chi connectivity index (χ0v) is 8.21. The van der Waals surface area contributed by atoms with Crippen molar-refractivity contribution < 1.29 is 4.79 Å². The molecule has 0 bridgehead atoms. The summed E-state index contributed by atoms with van der Waals surface area (Å²) in [7, 11) is 3.70. The van der Waals surface area contributed by atoms with E-state index in [1.807, 2.05) is 18.9 Å². The quantitative estimate of drug-likeness (QED) is 0.601. The van der Waals surface area contributed by atoms with Gasteiger partial charge in [0.15, 0.2) is 0 Å². The molecule has 72 valence electrons. The number of hydrogen-bond acceptors (Lipinski definition) is 3. The smallest absolute Gasteiger partial charge is 0.236 e. The number of hydrogen-bond donors (Lipinski definition) is 1. The first kappa shape index (κ1) is 11.4. The Morgan fingerprint density at radius 1 is 1.42 bits per heavy atom. The third-order valence-electron chi connectivity index (χ3n) is 1.82. The van der Waals surface area contributed by atoms with Gasteiger partial charge in [-0.1, -0.05) is 0 Å². The second-order valence-electron chi connectivity index (χ2n) is 2.93. The third-order valence-corrected chi connectivity index (χ3v) is 1.82. The lowest BCUT2D eigenvalue weighted by Crippen LogP contribution is -2.38. The average Bonchev–Trinajstić information content (AvgIpc) is 2.03. The summed E-state index contributed by atoms with van der Waals surface area (Å²) in [6.45, 7) is 4.54. The van der Waals surface area contributed by atoms with Crippen molar-refractivity contribution in [2.75, 3.05) is 40.3 Å². The summed E-state index contributed by atoms with van der Waals surface area (Å²) < 4.78 is 0. The predicted octanol–water partition coefficient (Wildman–Crippen LogP) is -0.645. The van der Waals surface area contributed by atoms with E-state index in [0.717, 1.165) is 13.1 Å². The van der Waals surface area contributed by atoms with Crippen LogP contribution in [0.25, 0.3) is 0 Å². The van der Waals surface area contributed by atoms with Crippen LogP contribution in [-0.4, -0.2) is 56.0 Å². The summed E-state index contributed by atoms with van der Waals surface area (Å²) in [4.78, 5) is 14.9. The lowest BCUT2D eigenvalue weighted by Gasteiger charge is -2.19. The maximum atomic E-state index is 11.3. The lowest BCUT2D eigenvalue weighted by molar-refractivity contribution is -0.130. The minimum Gasteiger partial charge on any atom is -0.345 e. The van der Waals surface area contributed by atoms with E-state index in [9.17, 15) is 4.79 Å². The number of rotatable bonds is 5. The Morgan fingerprint density at radius 3 is 2.42 bits per heavy atom. The number of nitrogens with two attached hydrogens (primary N) is 1. The summed E-state index contributed by atoms with van der Waals surface area (Å²) >= 11 is 0. The van der Waals surface area contributed by atoms with Crippen LogP contribution in [0, 0.1) is 0 Å². The molecule has 0 aliphatic heterocycles. The molecule has 0 heterocycles. The molecule has 0 rings (SSSR count). The van der Waals surface area contributed by atoms with Crippen molar-refractivity contribution in [2.24, 2.45) is 5.73 Å². The van der Waals surface area contributed by atoms with E-state index in [1.165, 1.54) is 0 Å². The summed E-state index contributed by atoms with van der Waals surface area (Å²) in [6, 6.07) is 0. The fourth-order valence-electron chi connectivity index (χ4n) is 0.827. The molecule has 0 atom stereocenters. The van der Waals surface area contributed by atoms with Crippen molar-refractivity contribution in [3.05, 3.63) is 0 Å². The van der Waals surface area contributed by atoms with Crippen LogP contribution >= 0.6 is 0 Å². The average molecular weight is 173 g/mol. The maximum Gasteiger partial charge on any atom is 0.236 e. The van der Waals surface area contributed by atoms with Crippen LogP contribution < -0.4 is 5.73 Å². The summed E-state index contributed by atoms with van der Waals surface area (Å²) in [5.74, 6) is 0.147. The molecule has 4 nitrogen and oxygen atoms in total. The van der Waals surface area contributed by atoms with Crippen LogP contribution in [0.5, 0.6) is 0 Å². The van der Waals surface area contributed by atoms with Crippen molar-refractivity contribution in [3.63, 3.8) is 0 Å². The second-order valence-corrected chi connectivity index (χ2v) is 2.93. The summed E-state index contributed by atoms with van der Waals surface area (Å²) in [5, 5.41) is 0. The van der Waals surface area contributed by atoms with Crippen molar-refractivity contribution in [2.45, 2.75) is 6.92 Å². The van der Waals surface area contributed by atoms with Crippen LogP contribution in [0.3, 0.4) is 0 Å². The molecule has 2 N–H and O–H groups in total. The van der Waals surface area contributed by atoms with Crippen molar-refractivity contribution in [1.82, 2.24) is 9.80 Å². The van der Waals surface area contributed by atoms with Gasteiger partial charge in [0.25, 0.3) is 0 Å². The van der Waals surface area contributed by atoms with Crippen LogP contribution in [0.15, 0.2) is 0 Å². The minimum absolute atomic E-state index is 0.147. The molecule has 0 aliphatic rings. The van der Waals surface area contributed by atoms with E-state index in [1.54, 1.807) is 11.9 Å². The van der Waals surface area contributed by atoms with Crippen molar-refractivity contribution >= 4 is 5.91 Å². The van der Waals surface area contributed by atoms with E-state index in [2.05, 4.69) is 0 Å². The fourth-order valence-corrected chi connectivity index (χ4v) is 0.827. The van der Waals surface area contributed by atoms with Crippen molar-refractivity contribution in [1.29, 1.82) is 0 Å². The molecule has 12 heavy (non-hydrogen) atoms. The van der Waals surface area contributed by atoms with Crippen LogP contribution in [0.1, 0.15) is 6.92 Å². The van der Waals surface area contributed by atoms with Crippen LogP contribution in [0.4, 0.5) is 0 Å². The molecule has 0 aromatic heterocycles. The van der Waals surface area contributed by atoms with E-state index in [0.29, 0.717) is 13.1 Å². The third kappa shape index (κ3) is 4.31. The Kier molecular flexibility index (Phi) is 5.66. The zero-order valence-electron chi connectivity index (χ0n) is 8.21. The maximum absolute atomic E-state index is 11.3. The van der Waals surface area contributed by atoms with Gasteiger partial charge in [0.05, 0.1) is 6.54 Å². The highest BCUT2D eigenvalue weighted by atomic mass is 16.2. The first-order valence-electron chi connectivity index (χ1n) is 4.24. The molecule has 0 saturated carbocycles. The molecule has 0 spiro atoms. The second kappa shape index (κ2) is 5.97. The van der Waals surface area contributed by atoms with Crippen molar-refractivity contribution in [3.8, 4) is 0 Å². The van der Waals surface area contributed by atoms with Gasteiger partial charge in [-0.05, 0) is 14.0 Å². The van der Waals surface area contributed by atoms with E-state index in [-0.39, 0.29) is 5.91 Å². The largest absolute Gasteiger partial charge is 0.345 e. The van der Waals surface area contributed by atoms with Gasteiger partial charge in [-0.15, -0.1) is 0 Å². The highest BCUT2D eigenvalue weighted by Gasteiger charge is 2.08. The Balaban J connectivity index is 3.67. The van der Waals surface area contributed by atoms with Gasteiger partial charge in [-0.25, -0.2) is 0 Å². The van der Waals surface area contributed by atoms with E-state index >= 15 is 0 Å². The fraction of sp³-hybridized carbons (Fsp3) is 0.875. The lowest BCUT2D eigenvalue weighted by atomic mass is 10.4. The van der Waals surface area contributed by atoms with Crippen LogP contribution in [0.2, 0.25) is 0 Å². The minimum atomic E-state index is 0.147.